The number of nitrogens with zero attached hydrogens (tertiary/aromatic N) is 1. The van der Waals surface area contributed by atoms with Crippen molar-refractivity contribution < 1.29 is 14.3 Å². The summed E-state index contributed by atoms with van der Waals surface area (Å²) in [5.74, 6) is 0.537. The highest BCUT2D eigenvalue weighted by Gasteiger charge is 2.26. The Kier molecular flexibility index (Phi) is 8.90. The van der Waals surface area contributed by atoms with Crippen LogP contribution in [-0.4, -0.2) is 36.4 Å². The highest BCUT2D eigenvalue weighted by atomic mass is 16.5. The van der Waals surface area contributed by atoms with E-state index in [1.807, 2.05) is 50.2 Å². The number of carbonyl (C=O) groups excluding carboxylic acids is 2. The summed E-state index contributed by atoms with van der Waals surface area (Å²) >= 11 is 0. The minimum atomic E-state index is -0.563. The van der Waals surface area contributed by atoms with Gasteiger partial charge in [-0.25, -0.2) is 0 Å². The van der Waals surface area contributed by atoms with Crippen LogP contribution in [-0.2, 0) is 22.6 Å². The van der Waals surface area contributed by atoms with Crippen LogP contribution in [0.15, 0.2) is 42.5 Å². The maximum absolute atomic E-state index is 13.3. The van der Waals surface area contributed by atoms with Crippen molar-refractivity contribution in [2.75, 3.05) is 13.7 Å². The molecule has 0 radical (unpaired) electrons. The molecule has 2 aromatic carbocycles. The number of ether oxygens (including phenoxy) is 1. The molecule has 2 aromatic rings. The molecule has 0 saturated carbocycles. The van der Waals surface area contributed by atoms with Gasteiger partial charge in [0.2, 0.25) is 11.8 Å². The molecule has 30 heavy (non-hydrogen) atoms. The van der Waals surface area contributed by atoms with E-state index in [2.05, 4.69) is 18.3 Å². The Labute approximate surface area is 180 Å². The molecule has 0 heterocycles. The van der Waals surface area contributed by atoms with Gasteiger partial charge < -0.3 is 15.0 Å². The van der Waals surface area contributed by atoms with Gasteiger partial charge in [-0.3, -0.25) is 9.59 Å². The van der Waals surface area contributed by atoms with Crippen LogP contribution < -0.4 is 10.1 Å². The van der Waals surface area contributed by atoms with Crippen molar-refractivity contribution in [1.82, 2.24) is 10.2 Å². The first-order valence-corrected chi connectivity index (χ1v) is 10.6. The monoisotopic (exact) mass is 410 g/mol. The van der Waals surface area contributed by atoms with Crippen LogP contribution in [0.5, 0.6) is 5.75 Å². The maximum atomic E-state index is 13.3. The number of methoxy groups -OCH3 is 1. The molecule has 1 N–H and O–H groups in total. The number of carbonyl (C=O) groups is 2. The van der Waals surface area contributed by atoms with E-state index in [0.717, 1.165) is 40.8 Å². The quantitative estimate of drug-likeness (QED) is 0.598. The fourth-order valence-corrected chi connectivity index (χ4v) is 3.53. The summed E-state index contributed by atoms with van der Waals surface area (Å²) < 4.78 is 5.31. The SMILES string of the molecule is CCCCNC(=O)[C@H](C)N(Cc1cccc(OC)c1)C(=O)Cc1cc(C)cc(C)c1. The zero-order valence-corrected chi connectivity index (χ0v) is 18.8. The molecule has 1 atom stereocenters. The number of hydrogen-bond acceptors (Lipinski definition) is 3. The van der Waals surface area contributed by atoms with Crippen molar-refractivity contribution in [2.45, 2.75) is 59.5 Å². The topological polar surface area (TPSA) is 58.6 Å². The van der Waals surface area contributed by atoms with E-state index in [-0.39, 0.29) is 18.2 Å². The molecule has 0 aliphatic heterocycles. The first-order chi connectivity index (χ1) is 14.3. The molecule has 162 valence electrons. The van der Waals surface area contributed by atoms with Crippen LogP contribution in [0.4, 0.5) is 0 Å². The second-order valence-electron chi connectivity index (χ2n) is 7.87. The molecule has 0 fully saturated rings. The Bertz CT molecular complexity index is 843. The Morgan fingerprint density at radius 1 is 1.07 bits per heavy atom. The number of hydrogen-bond donors (Lipinski definition) is 1. The van der Waals surface area contributed by atoms with Crippen LogP contribution in [0.1, 0.15) is 48.9 Å². The average molecular weight is 411 g/mol. The largest absolute Gasteiger partial charge is 0.497 e. The van der Waals surface area contributed by atoms with Gasteiger partial charge in [-0.2, -0.15) is 0 Å². The molecule has 0 aromatic heterocycles. The smallest absolute Gasteiger partial charge is 0.242 e. The summed E-state index contributed by atoms with van der Waals surface area (Å²) in [6.07, 6.45) is 2.19. The molecular weight excluding hydrogens is 376 g/mol. The first kappa shape index (κ1) is 23.5. The normalized spacial score (nSPS) is 11.6. The lowest BCUT2D eigenvalue weighted by Gasteiger charge is -2.29. The highest BCUT2D eigenvalue weighted by molar-refractivity contribution is 5.88. The molecule has 0 bridgehead atoms. The van der Waals surface area contributed by atoms with E-state index in [4.69, 9.17) is 4.74 Å². The van der Waals surface area contributed by atoms with Gasteiger partial charge in [0, 0.05) is 13.1 Å². The van der Waals surface area contributed by atoms with Gasteiger partial charge in [0.15, 0.2) is 0 Å². The van der Waals surface area contributed by atoms with E-state index in [1.54, 1.807) is 18.9 Å². The third-order valence-corrected chi connectivity index (χ3v) is 5.12. The predicted octanol–water partition coefficient (Wildman–Crippen LogP) is 4.19. The van der Waals surface area contributed by atoms with E-state index in [9.17, 15) is 9.59 Å². The fourth-order valence-electron chi connectivity index (χ4n) is 3.53. The predicted molar refractivity (Wildman–Crippen MR) is 121 cm³/mol. The van der Waals surface area contributed by atoms with Gasteiger partial charge in [-0.1, -0.05) is 54.8 Å². The Morgan fingerprint density at radius 2 is 1.77 bits per heavy atom. The van der Waals surface area contributed by atoms with Crippen molar-refractivity contribution >= 4 is 11.8 Å². The van der Waals surface area contributed by atoms with E-state index >= 15 is 0 Å². The maximum Gasteiger partial charge on any atom is 0.242 e. The van der Waals surface area contributed by atoms with Crippen molar-refractivity contribution in [2.24, 2.45) is 0 Å². The van der Waals surface area contributed by atoms with E-state index < -0.39 is 6.04 Å². The summed E-state index contributed by atoms with van der Waals surface area (Å²) in [5.41, 5.74) is 4.15. The molecule has 0 saturated heterocycles. The molecule has 0 spiro atoms. The van der Waals surface area contributed by atoms with Crippen LogP contribution in [0.3, 0.4) is 0 Å². The van der Waals surface area contributed by atoms with Gasteiger partial charge in [-0.05, 0) is 50.5 Å². The summed E-state index contributed by atoms with van der Waals surface area (Å²) in [7, 11) is 1.62. The summed E-state index contributed by atoms with van der Waals surface area (Å²) in [5, 5.41) is 2.95. The van der Waals surface area contributed by atoms with Gasteiger partial charge in [0.25, 0.3) is 0 Å². The molecule has 0 unspecified atom stereocenters. The highest BCUT2D eigenvalue weighted by Crippen LogP contribution is 2.18. The van der Waals surface area contributed by atoms with Gasteiger partial charge >= 0.3 is 0 Å². The number of benzene rings is 2. The van der Waals surface area contributed by atoms with Crippen LogP contribution in [0.2, 0.25) is 0 Å². The molecule has 5 nitrogen and oxygen atoms in total. The zero-order valence-electron chi connectivity index (χ0n) is 18.8. The third kappa shape index (κ3) is 6.90. The summed E-state index contributed by atoms with van der Waals surface area (Å²) in [4.78, 5) is 27.7. The zero-order chi connectivity index (χ0) is 22.1. The van der Waals surface area contributed by atoms with Gasteiger partial charge in [0.1, 0.15) is 11.8 Å². The molecule has 0 aliphatic rings. The van der Waals surface area contributed by atoms with Crippen molar-refractivity contribution in [3.63, 3.8) is 0 Å². The van der Waals surface area contributed by atoms with Crippen molar-refractivity contribution in [3.05, 3.63) is 64.7 Å². The van der Waals surface area contributed by atoms with Crippen molar-refractivity contribution in [3.8, 4) is 5.75 Å². The third-order valence-electron chi connectivity index (χ3n) is 5.12. The summed E-state index contributed by atoms with van der Waals surface area (Å²) in [6, 6.07) is 13.2. The average Bonchev–Trinajstić information content (AvgIpc) is 2.71. The molecule has 2 rings (SSSR count). The Balaban J connectivity index is 2.24. The molecule has 5 heteroatoms. The van der Waals surface area contributed by atoms with Gasteiger partial charge in [-0.15, -0.1) is 0 Å². The number of rotatable bonds is 10. The lowest BCUT2D eigenvalue weighted by Crippen LogP contribution is -2.48. The fraction of sp³-hybridized carbons (Fsp3) is 0.440. The van der Waals surface area contributed by atoms with Gasteiger partial charge in [0.05, 0.1) is 13.5 Å². The molecule has 2 amide bonds. The van der Waals surface area contributed by atoms with Crippen LogP contribution >= 0.6 is 0 Å². The Morgan fingerprint density at radius 3 is 2.40 bits per heavy atom. The van der Waals surface area contributed by atoms with Crippen molar-refractivity contribution in [1.29, 1.82) is 0 Å². The second-order valence-corrected chi connectivity index (χ2v) is 7.87. The molecular formula is C25H34N2O3. The van der Waals surface area contributed by atoms with E-state index in [1.165, 1.54) is 0 Å². The number of aryl methyl sites for hydroxylation is 2. The van der Waals surface area contributed by atoms with Crippen LogP contribution in [0, 0.1) is 13.8 Å². The van der Waals surface area contributed by atoms with Crippen LogP contribution in [0.25, 0.3) is 0 Å². The molecule has 0 aliphatic carbocycles. The number of nitrogens with one attached hydrogen (secondary N) is 1. The minimum absolute atomic E-state index is 0.0686. The summed E-state index contributed by atoms with van der Waals surface area (Å²) in [6.45, 7) is 8.90. The standard InChI is InChI=1S/C25H34N2O3/c1-6-7-11-26-25(29)20(4)27(17-21-9-8-10-23(15-21)30-5)24(28)16-22-13-18(2)12-19(3)14-22/h8-10,12-15,20H,6-7,11,16-17H2,1-5H3,(H,26,29)/t20-/m0/s1. The minimum Gasteiger partial charge on any atom is -0.497 e. The second kappa shape index (κ2) is 11.4. The lowest BCUT2D eigenvalue weighted by atomic mass is 10.0. The number of unbranched alkanes of at least 4 members (excludes halogenated alkanes) is 1. The lowest BCUT2D eigenvalue weighted by molar-refractivity contribution is -0.140. The van der Waals surface area contributed by atoms with E-state index in [0.29, 0.717) is 13.1 Å². The number of amides is 2. The first-order valence-electron chi connectivity index (χ1n) is 10.6. The Hall–Kier alpha value is -2.82.